The molecule has 7 heterocycles. The molecule has 0 spiro atoms. The van der Waals surface area contributed by atoms with Crippen molar-refractivity contribution in [2.24, 2.45) is 0 Å². The molecule has 2 fully saturated rings. The molecule has 3 N–H and O–H groups in total. The number of rotatable bonds is 4. The second-order valence-corrected chi connectivity index (χ2v) is 12.3. The molecule has 7 rings (SSSR count). The molecule has 2 aliphatic rings. The van der Waals surface area contributed by atoms with Gasteiger partial charge in [0.1, 0.15) is 10.7 Å². The number of nitrogens with one attached hydrogen (secondary N) is 3. The number of piperidine rings is 1. The van der Waals surface area contributed by atoms with E-state index in [0.717, 1.165) is 60.4 Å². The van der Waals surface area contributed by atoms with Gasteiger partial charge in [-0.15, -0.1) is 0 Å². The van der Waals surface area contributed by atoms with Crippen LogP contribution in [0, 0.1) is 0 Å². The van der Waals surface area contributed by atoms with Crippen molar-refractivity contribution < 1.29 is 0 Å². The summed E-state index contributed by atoms with van der Waals surface area (Å²) in [5.41, 5.74) is 4.40. The number of aromatic nitrogens is 6. The lowest BCUT2D eigenvalue weighted by Gasteiger charge is -2.45. The highest BCUT2D eigenvalue weighted by atomic mass is 32.1. The van der Waals surface area contributed by atoms with Crippen LogP contribution in [0.5, 0.6) is 0 Å². The van der Waals surface area contributed by atoms with Gasteiger partial charge in [-0.25, -0.2) is 9.97 Å². The Kier molecular flexibility index (Phi) is 4.29. The topological polar surface area (TPSA) is 98.4 Å². The van der Waals surface area contributed by atoms with Crippen LogP contribution in [0.1, 0.15) is 39.5 Å². The van der Waals surface area contributed by atoms with Gasteiger partial charge in [0, 0.05) is 59.3 Å². The van der Waals surface area contributed by atoms with Crippen LogP contribution in [0.4, 0.5) is 5.13 Å². The number of hydrogen-bond acceptors (Lipinski definition) is 8. The highest BCUT2D eigenvalue weighted by molar-refractivity contribution is 7.29. The van der Waals surface area contributed by atoms with Crippen LogP contribution in [0.2, 0.25) is 0 Å². The lowest BCUT2D eigenvalue weighted by atomic mass is 9.84. The Labute approximate surface area is 204 Å². The van der Waals surface area contributed by atoms with Gasteiger partial charge in [0.2, 0.25) is 0 Å². The summed E-state index contributed by atoms with van der Waals surface area (Å²) in [5.74, 6) is 0. The van der Waals surface area contributed by atoms with E-state index in [2.05, 4.69) is 52.4 Å². The van der Waals surface area contributed by atoms with Gasteiger partial charge < -0.3 is 15.2 Å². The van der Waals surface area contributed by atoms with Gasteiger partial charge >= 0.3 is 0 Å². The molecule has 34 heavy (non-hydrogen) atoms. The lowest BCUT2D eigenvalue weighted by molar-refractivity contribution is 0.208. The van der Waals surface area contributed by atoms with E-state index in [9.17, 15) is 0 Å². The first-order valence-corrected chi connectivity index (χ1v) is 13.3. The molecule has 2 saturated heterocycles. The van der Waals surface area contributed by atoms with E-state index < -0.39 is 0 Å². The normalized spacial score (nSPS) is 26.6. The third-order valence-corrected chi connectivity index (χ3v) is 9.75. The molecule has 0 saturated carbocycles. The molecule has 0 aromatic carbocycles. The average molecular weight is 491 g/mol. The number of nitrogens with zero attached hydrogens (tertiary/aromatic N) is 5. The summed E-state index contributed by atoms with van der Waals surface area (Å²) >= 11 is 3.30. The summed E-state index contributed by atoms with van der Waals surface area (Å²) in [6.45, 7) is 4.75. The van der Waals surface area contributed by atoms with Gasteiger partial charge in [0.05, 0.1) is 11.7 Å². The number of pyridine rings is 1. The van der Waals surface area contributed by atoms with Crippen LogP contribution in [0.25, 0.3) is 42.4 Å². The van der Waals surface area contributed by atoms with Gasteiger partial charge in [-0.05, 0) is 45.6 Å². The Morgan fingerprint density at radius 1 is 1.06 bits per heavy atom. The Morgan fingerprint density at radius 2 is 1.85 bits per heavy atom. The number of aromatic amines is 2. The molecule has 5 aromatic heterocycles. The quantitative estimate of drug-likeness (QED) is 0.321. The molecular formula is C24H26N8S2. The summed E-state index contributed by atoms with van der Waals surface area (Å²) in [6, 6.07) is 2.58. The Balaban J connectivity index is 1.21. The smallest absolute Gasteiger partial charge is 0.188 e. The van der Waals surface area contributed by atoms with Crippen LogP contribution in [0.3, 0.4) is 0 Å². The monoisotopic (exact) mass is 490 g/mol. The van der Waals surface area contributed by atoms with Gasteiger partial charge in [-0.3, -0.25) is 10.1 Å². The minimum absolute atomic E-state index is 0.238. The van der Waals surface area contributed by atoms with Crippen molar-refractivity contribution in [3.8, 4) is 21.8 Å². The second-order valence-electron chi connectivity index (χ2n) is 10.3. The molecule has 8 nitrogen and oxygen atoms in total. The summed E-state index contributed by atoms with van der Waals surface area (Å²) in [7, 11) is 2.20. The molecule has 2 bridgehead atoms. The van der Waals surface area contributed by atoms with E-state index >= 15 is 0 Å². The first-order chi connectivity index (χ1) is 16.4. The maximum absolute atomic E-state index is 5.01. The zero-order valence-corrected chi connectivity index (χ0v) is 21.0. The van der Waals surface area contributed by atoms with Crippen molar-refractivity contribution in [1.82, 2.24) is 35.5 Å². The van der Waals surface area contributed by atoms with Gasteiger partial charge in [0.15, 0.2) is 14.8 Å². The maximum atomic E-state index is 5.01. The first-order valence-electron chi connectivity index (χ1n) is 11.6. The Bertz CT molecular complexity index is 1470. The van der Waals surface area contributed by atoms with Crippen molar-refractivity contribution in [3.05, 3.63) is 30.9 Å². The molecule has 10 heteroatoms. The van der Waals surface area contributed by atoms with E-state index in [-0.39, 0.29) is 11.1 Å². The Hall–Kier alpha value is -2.82. The van der Waals surface area contributed by atoms with Crippen molar-refractivity contribution in [2.45, 2.75) is 56.7 Å². The summed E-state index contributed by atoms with van der Waals surface area (Å²) in [4.78, 5) is 22.5. The largest absolute Gasteiger partial charge is 0.359 e. The van der Waals surface area contributed by atoms with Crippen LogP contribution < -0.4 is 10.2 Å². The molecule has 5 aromatic rings. The fourth-order valence-electron chi connectivity index (χ4n) is 5.98. The first kappa shape index (κ1) is 20.5. The third-order valence-electron chi connectivity index (χ3n) is 7.63. The molecule has 1 unspecified atom stereocenters. The highest BCUT2D eigenvalue weighted by Gasteiger charge is 2.49. The molecular weight excluding hydrogens is 464 g/mol. The van der Waals surface area contributed by atoms with E-state index in [1.165, 1.54) is 12.8 Å². The average Bonchev–Trinajstić information content (AvgIpc) is 3.60. The standard InChI is InChI=1S/C24H26N8S2/c1-23-5-6-24(2,31-23)9-14(8-23)32(3)22-30-21-20(34-22)29-19(33-21)18-17-15(4-7-25-17)16(12-26-18)13-10-27-28-11-13/h4,7,10-12,14,25,31H,5-6,8-9H2,1-3H3,(H,27,28)/t14?,23-,24+. The number of hydrogen-bond donors (Lipinski definition) is 3. The second kappa shape index (κ2) is 7.10. The minimum Gasteiger partial charge on any atom is -0.359 e. The maximum Gasteiger partial charge on any atom is 0.188 e. The SMILES string of the molecule is CN(c1nc2sc(-c3ncc(-c4cn[nH]c4)c4cc[nH]c34)nc2s1)C1C[C@]2(C)CC[C@](C)(C1)N2. The van der Waals surface area contributed by atoms with Gasteiger partial charge in [-0.1, -0.05) is 22.7 Å². The summed E-state index contributed by atoms with van der Waals surface area (Å²) < 4.78 is 0. The van der Waals surface area contributed by atoms with Crippen molar-refractivity contribution >= 4 is 48.4 Å². The van der Waals surface area contributed by atoms with Crippen LogP contribution in [-0.2, 0) is 0 Å². The Morgan fingerprint density at radius 3 is 2.59 bits per heavy atom. The molecule has 0 radical (unpaired) electrons. The number of anilines is 1. The third kappa shape index (κ3) is 3.12. The molecule has 3 atom stereocenters. The van der Waals surface area contributed by atoms with Crippen molar-refractivity contribution in [1.29, 1.82) is 0 Å². The van der Waals surface area contributed by atoms with E-state index in [1.807, 2.05) is 24.8 Å². The van der Waals surface area contributed by atoms with Crippen LogP contribution in [-0.4, -0.2) is 54.3 Å². The van der Waals surface area contributed by atoms with E-state index in [1.54, 1.807) is 22.7 Å². The van der Waals surface area contributed by atoms with Gasteiger partial charge in [0.25, 0.3) is 0 Å². The fourth-order valence-corrected chi connectivity index (χ4v) is 8.06. The van der Waals surface area contributed by atoms with E-state index in [4.69, 9.17) is 15.0 Å². The highest BCUT2D eigenvalue weighted by Crippen LogP contribution is 2.45. The zero-order valence-electron chi connectivity index (χ0n) is 19.3. The molecule has 0 aliphatic carbocycles. The number of fused-ring (bicyclic) bond motifs is 4. The molecule has 2 aliphatic heterocycles. The fraction of sp³-hybridized carbons (Fsp3) is 0.417. The predicted molar refractivity (Wildman–Crippen MR) is 139 cm³/mol. The summed E-state index contributed by atoms with van der Waals surface area (Å²) in [5, 5.41) is 13.9. The van der Waals surface area contributed by atoms with Crippen LogP contribution in [0.15, 0.2) is 30.9 Å². The molecule has 174 valence electrons. The predicted octanol–water partition coefficient (Wildman–Crippen LogP) is 5.19. The van der Waals surface area contributed by atoms with Gasteiger partial charge in [-0.2, -0.15) is 5.10 Å². The summed E-state index contributed by atoms with van der Waals surface area (Å²) in [6.07, 6.45) is 12.4. The zero-order chi connectivity index (χ0) is 23.1. The van der Waals surface area contributed by atoms with Crippen molar-refractivity contribution in [2.75, 3.05) is 11.9 Å². The minimum atomic E-state index is 0.238. The van der Waals surface area contributed by atoms with E-state index in [0.29, 0.717) is 6.04 Å². The number of thiazole rings is 2. The molecule has 0 amide bonds. The lowest BCUT2D eigenvalue weighted by Crippen LogP contribution is -2.58. The number of H-pyrrole nitrogens is 2. The van der Waals surface area contributed by atoms with Crippen molar-refractivity contribution in [3.63, 3.8) is 0 Å². The van der Waals surface area contributed by atoms with Crippen LogP contribution >= 0.6 is 22.7 Å².